The number of carboxylic acids is 2. The number of amides is 3. The van der Waals surface area contributed by atoms with E-state index in [1.165, 1.54) is 0 Å². The van der Waals surface area contributed by atoms with Gasteiger partial charge in [0.15, 0.2) is 0 Å². The molecule has 1 aromatic carbocycles. The van der Waals surface area contributed by atoms with Crippen molar-refractivity contribution in [3.8, 4) is 0 Å². The maximum absolute atomic E-state index is 13.6. The van der Waals surface area contributed by atoms with Gasteiger partial charge in [0, 0.05) is 48.3 Å². The van der Waals surface area contributed by atoms with E-state index in [9.17, 15) is 29.1 Å². The number of aromatic amines is 1. The number of aliphatic carboxylic acids is 2. The van der Waals surface area contributed by atoms with Crippen molar-refractivity contribution in [1.29, 1.82) is 0 Å². The molecule has 0 saturated carbocycles. The average Bonchev–Trinajstić information content (AvgIpc) is 3.28. The summed E-state index contributed by atoms with van der Waals surface area (Å²) in [6.07, 6.45) is 1.97. The van der Waals surface area contributed by atoms with Crippen LogP contribution in [0.5, 0.6) is 0 Å². The van der Waals surface area contributed by atoms with Gasteiger partial charge in [0.2, 0.25) is 11.8 Å². The second kappa shape index (κ2) is 13.6. The largest absolute Gasteiger partial charge is 0.481 e. The molecule has 1 fully saturated rings. The topological polar surface area (TPSA) is 178 Å². The van der Waals surface area contributed by atoms with Gasteiger partial charge in [-0.3, -0.25) is 14.4 Å². The van der Waals surface area contributed by atoms with Crippen molar-refractivity contribution in [2.45, 2.75) is 57.7 Å². The van der Waals surface area contributed by atoms with Gasteiger partial charge in [0.05, 0.1) is 5.75 Å². The van der Waals surface area contributed by atoms with Gasteiger partial charge < -0.3 is 35.5 Å². The Bertz CT molecular complexity index is 1230. The van der Waals surface area contributed by atoms with E-state index in [0.29, 0.717) is 12.8 Å². The van der Waals surface area contributed by atoms with E-state index in [1.54, 1.807) is 25.7 Å². The van der Waals surface area contributed by atoms with Crippen LogP contribution in [0.2, 0.25) is 0 Å². The van der Waals surface area contributed by atoms with Crippen molar-refractivity contribution < 1.29 is 38.9 Å². The van der Waals surface area contributed by atoms with Gasteiger partial charge in [-0.25, -0.2) is 9.59 Å². The number of ether oxygens (including phenoxy) is 1. The molecule has 0 unspecified atom stereocenters. The normalized spacial score (nSPS) is 15.7. The number of carbonyl (C=O) groups excluding carboxylic acids is 3. The minimum absolute atomic E-state index is 0.0729. The summed E-state index contributed by atoms with van der Waals surface area (Å²) in [5, 5.41) is 24.3. The summed E-state index contributed by atoms with van der Waals surface area (Å²) in [5.41, 5.74) is 1.03. The zero-order valence-corrected chi connectivity index (χ0v) is 23.6. The summed E-state index contributed by atoms with van der Waals surface area (Å²) in [5.74, 6) is -3.90. The highest BCUT2D eigenvalue weighted by Gasteiger charge is 2.34. The molecular formula is C27H36N4O8S. The second-order valence-electron chi connectivity index (χ2n) is 10.7. The van der Waals surface area contributed by atoms with Gasteiger partial charge >= 0.3 is 18.0 Å². The molecule has 1 aliphatic rings. The van der Waals surface area contributed by atoms with E-state index in [1.807, 2.05) is 30.5 Å². The molecule has 1 aromatic heterocycles. The molecule has 3 amide bonds. The number of hydrogen-bond donors (Lipinski definition) is 5. The van der Waals surface area contributed by atoms with Crippen LogP contribution in [0.3, 0.4) is 0 Å². The standard InChI is InChI=1S/C27H36N4O8S/c1-27(2,3)39-26(38)30-20(12-17-13-28-19-7-5-4-6-18(17)19)24(35)31-10-8-16(9-11-31)23(34)29-21(25(36)37)14-40-15-22(32)33/h4-7,13,16,20-21,28H,8-12,14-15H2,1-3H3,(H,29,34)(H,30,38)(H,32,33)(H,36,37)/t20-,21-/m0/s1. The molecular weight excluding hydrogens is 540 g/mol. The lowest BCUT2D eigenvalue weighted by atomic mass is 9.94. The first-order valence-corrected chi connectivity index (χ1v) is 14.2. The molecule has 0 spiro atoms. The molecule has 5 N–H and O–H groups in total. The first kappa shape index (κ1) is 30.8. The van der Waals surface area contributed by atoms with Crippen LogP contribution in [0, 0.1) is 5.92 Å². The minimum Gasteiger partial charge on any atom is -0.481 e. The predicted octanol–water partition coefficient (Wildman–Crippen LogP) is 2.23. The molecule has 2 atom stereocenters. The zero-order valence-electron chi connectivity index (χ0n) is 22.8. The van der Waals surface area contributed by atoms with Crippen LogP contribution in [-0.2, 0) is 30.3 Å². The number of alkyl carbamates (subject to hydrolysis) is 1. The Morgan fingerprint density at radius 3 is 2.38 bits per heavy atom. The molecule has 2 heterocycles. The van der Waals surface area contributed by atoms with E-state index >= 15 is 0 Å². The minimum atomic E-state index is -1.24. The fourth-order valence-electron chi connectivity index (χ4n) is 4.48. The summed E-state index contributed by atoms with van der Waals surface area (Å²) < 4.78 is 5.39. The van der Waals surface area contributed by atoms with Crippen molar-refractivity contribution in [1.82, 2.24) is 20.5 Å². The molecule has 0 bridgehead atoms. The third kappa shape index (κ3) is 8.90. The Kier molecular flexibility index (Phi) is 10.4. The van der Waals surface area contributed by atoms with Crippen LogP contribution in [0.4, 0.5) is 4.79 Å². The number of fused-ring (bicyclic) bond motifs is 1. The third-order valence-corrected chi connectivity index (χ3v) is 7.41. The van der Waals surface area contributed by atoms with E-state index < -0.39 is 47.5 Å². The summed E-state index contributed by atoms with van der Waals surface area (Å²) in [6.45, 7) is 5.71. The molecule has 13 heteroatoms. The van der Waals surface area contributed by atoms with Crippen molar-refractivity contribution >= 4 is 52.5 Å². The van der Waals surface area contributed by atoms with Crippen LogP contribution < -0.4 is 10.6 Å². The van der Waals surface area contributed by atoms with Crippen LogP contribution in [0.25, 0.3) is 10.9 Å². The number of nitrogens with one attached hydrogen (secondary N) is 3. The van der Waals surface area contributed by atoms with E-state index in [-0.39, 0.29) is 36.9 Å². The number of benzene rings is 1. The van der Waals surface area contributed by atoms with Gasteiger partial charge in [0.25, 0.3) is 0 Å². The molecule has 1 saturated heterocycles. The number of hydrogen-bond acceptors (Lipinski definition) is 7. The lowest BCUT2D eigenvalue weighted by molar-refractivity contribution is -0.142. The monoisotopic (exact) mass is 576 g/mol. The lowest BCUT2D eigenvalue weighted by Gasteiger charge is -2.34. The number of H-pyrrole nitrogens is 1. The number of aromatic nitrogens is 1. The Labute approximate surface area is 236 Å². The number of piperidine rings is 1. The molecule has 0 aliphatic carbocycles. The van der Waals surface area contributed by atoms with Gasteiger partial charge in [-0.05, 0) is 45.2 Å². The van der Waals surface area contributed by atoms with Gasteiger partial charge in [0.1, 0.15) is 17.7 Å². The average molecular weight is 577 g/mol. The van der Waals surface area contributed by atoms with E-state index in [2.05, 4.69) is 15.6 Å². The Hall–Kier alpha value is -3.74. The zero-order chi connectivity index (χ0) is 29.4. The second-order valence-corrected chi connectivity index (χ2v) is 11.7. The van der Waals surface area contributed by atoms with Crippen molar-refractivity contribution in [3.63, 3.8) is 0 Å². The summed E-state index contributed by atoms with van der Waals surface area (Å²) >= 11 is 0.909. The van der Waals surface area contributed by atoms with E-state index in [4.69, 9.17) is 9.84 Å². The number of para-hydroxylation sites is 1. The molecule has 218 valence electrons. The highest BCUT2D eigenvalue weighted by Crippen LogP contribution is 2.22. The number of nitrogens with zero attached hydrogens (tertiary/aromatic N) is 1. The van der Waals surface area contributed by atoms with Gasteiger partial charge in [-0.2, -0.15) is 0 Å². The Morgan fingerprint density at radius 1 is 1.07 bits per heavy atom. The lowest BCUT2D eigenvalue weighted by Crippen LogP contribution is -2.54. The molecule has 3 rings (SSSR count). The fourth-order valence-corrected chi connectivity index (χ4v) is 5.24. The Morgan fingerprint density at radius 2 is 1.75 bits per heavy atom. The summed E-state index contributed by atoms with van der Waals surface area (Å²) in [7, 11) is 0. The number of likely N-dealkylation sites (tertiary alicyclic amines) is 1. The maximum Gasteiger partial charge on any atom is 0.408 e. The third-order valence-electron chi connectivity index (χ3n) is 6.39. The van der Waals surface area contributed by atoms with Crippen LogP contribution in [0.15, 0.2) is 30.5 Å². The molecule has 12 nitrogen and oxygen atoms in total. The first-order chi connectivity index (χ1) is 18.8. The highest BCUT2D eigenvalue weighted by molar-refractivity contribution is 8.00. The number of carbonyl (C=O) groups is 5. The van der Waals surface area contributed by atoms with Crippen LogP contribution in [-0.4, -0.2) is 92.2 Å². The fraction of sp³-hybridized carbons (Fsp3) is 0.519. The van der Waals surface area contributed by atoms with Crippen molar-refractivity contribution in [2.24, 2.45) is 5.92 Å². The van der Waals surface area contributed by atoms with Crippen LogP contribution in [0.1, 0.15) is 39.2 Å². The first-order valence-electron chi connectivity index (χ1n) is 13.0. The number of carboxylic acid groups (broad SMARTS) is 2. The molecule has 40 heavy (non-hydrogen) atoms. The van der Waals surface area contributed by atoms with Crippen LogP contribution >= 0.6 is 11.8 Å². The van der Waals surface area contributed by atoms with Gasteiger partial charge in [-0.15, -0.1) is 11.8 Å². The Balaban J connectivity index is 1.64. The van der Waals surface area contributed by atoms with Gasteiger partial charge in [-0.1, -0.05) is 18.2 Å². The summed E-state index contributed by atoms with van der Waals surface area (Å²) in [6, 6.07) is 5.54. The van der Waals surface area contributed by atoms with Crippen molar-refractivity contribution in [3.05, 3.63) is 36.0 Å². The maximum atomic E-state index is 13.6. The number of thioether (sulfide) groups is 1. The summed E-state index contributed by atoms with van der Waals surface area (Å²) in [4.78, 5) is 66.0. The SMILES string of the molecule is CC(C)(C)OC(=O)N[C@@H](Cc1c[nH]c2ccccc12)C(=O)N1CCC(C(=O)N[C@@H](CSCC(=O)O)C(=O)O)CC1. The smallest absolute Gasteiger partial charge is 0.408 e. The predicted molar refractivity (Wildman–Crippen MR) is 149 cm³/mol. The highest BCUT2D eigenvalue weighted by atomic mass is 32.2. The van der Waals surface area contributed by atoms with E-state index in [0.717, 1.165) is 28.2 Å². The molecule has 1 aliphatic heterocycles. The quantitative estimate of drug-likeness (QED) is 0.268. The van der Waals surface area contributed by atoms with Crippen molar-refractivity contribution in [2.75, 3.05) is 24.6 Å². The molecule has 2 aromatic rings. The molecule has 0 radical (unpaired) electrons. The number of rotatable bonds is 11.